The summed E-state index contributed by atoms with van der Waals surface area (Å²) in [7, 11) is 0. The van der Waals surface area contributed by atoms with Crippen molar-refractivity contribution in [1.82, 2.24) is 9.13 Å². The molecular weight excluding hydrogens is 1160 g/mol. The second-order valence-electron chi connectivity index (χ2n) is 34.4. The average molecular weight is 1260 g/mol. The molecule has 0 aliphatic rings. The lowest BCUT2D eigenvalue weighted by Crippen LogP contribution is -2.25. The number of ether oxygens (including phenoxy) is 2. The van der Waals surface area contributed by atoms with Crippen molar-refractivity contribution in [1.29, 1.82) is 0 Å². The van der Waals surface area contributed by atoms with E-state index in [0.717, 1.165) is 67.6 Å². The molecule has 0 saturated heterocycles. The molecule has 0 unspecified atom stereocenters. The first-order valence-electron chi connectivity index (χ1n) is 33.2. The third-order valence-electron chi connectivity index (χ3n) is 18.7. The molecule has 8 aromatic carbocycles. The van der Waals surface area contributed by atoms with Gasteiger partial charge in [0.2, 0.25) is 0 Å². The van der Waals surface area contributed by atoms with Crippen LogP contribution in [0.25, 0.3) is 77.2 Å². The van der Waals surface area contributed by atoms with Crippen LogP contribution in [0.1, 0.15) is 211 Å². The lowest BCUT2D eigenvalue weighted by atomic mass is 9.71. The third-order valence-corrected chi connectivity index (χ3v) is 19.0. The van der Waals surface area contributed by atoms with E-state index in [1.54, 1.807) is 0 Å². The highest BCUT2D eigenvalue weighted by molar-refractivity contribution is 6.31. The van der Waals surface area contributed by atoms with Crippen LogP contribution in [0.4, 0.5) is 4.39 Å². The Morgan fingerprint density at radius 3 is 1.11 bits per heavy atom. The summed E-state index contributed by atoms with van der Waals surface area (Å²) in [4.78, 5) is 0. The first-order valence-corrected chi connectivity index (χ1v) is 33.6. The maximum atomic E-state index is 16.3. The van der Waals surface area contributed by atoms with Crippen LogP contribution in [0, 0.1) is 23.6 Å². The number of phenolic OH excluding ortho intramolecular Hbond substituents is 2. The van der Waals surface area contributed by atoms with Crippen LogP contribution in [-0.2, 0) is 32.5 Å². The molecule has 8 heteroatoms. The van der Waals surface area contributed by atoms with E-state index in [2.05, 4.69) is 259 Å². The zero-order valence-corrected chi connectivity index (χ0v) is 60.3. The number of aromatic nitrogens is 2. The van der Waals surface area contributed by atoms with Gasteiger partial charge in [0.05, 0.1) is 46.7 Å². The molecule has 0 aliphatic heterocycles. The molecule has 0 saturated carbocycles. The van der Waals surface area contributed by atoms with E-state index < -0.39 is 5.82 Å². The van der Waals surface area contributed by atoms with Gasteiger partial charge in [0.25, 0.3) is 0 Å². The van der Waals surface area contributed by atoms with Crippen molar-refractivity contribution < 1.29 is 24.1 Å². The first-order chi connectivity index (χ1) is 42.4. The van der Waals surface area contributed by atoms with E-state index in [9.17, 15) is 10.2 Å². The minimum atomic E-state index is -0.426. The van der Waals surface area contributed by atoms with Crippen molar-refractivity contribution >= 4 is 55.2 Å². The van der Waals surface area contributed by atoms with Crippen LogP contribution < -0.4 is 9.47 Å². The van der Waals surface area contributed by atoms with E-state index in [0.29, 0.717) is 62.1 Å². The Morgan fingerprint density at radius 2 is 0.750 bits per heavy atom. The number of aryl methyl sites for hydroxylation is 1. The summed E-state index contributed by atoms with van der Waals surface area (Å²) in [5.41, 5.74) is 13.8. The van der Waals surface area contributed by atoms with Gasteiger partial charge in [-0.25, -0.2) is 4.39 Å². The molecule has 2 heterocycles. The minimum Gasteiger partial charge on any atom is -0.505 e. The highest BCUT2D eigenvalue weighted by Crippen LogP contribution is 2.51. The molecule has 92 heavy (non-hydrogen) atoms. The predicted octanol–water partition coefficient (Wildman–Crippen LogP) is 24.2. The lowest BCUT2D eigenvalue weighted by Gasteiger charge is -2.34. The van der Waals surface area contributed by atoms with Gasteiger partial charge in [-0.3, -0.25) is 0 Å². The van der Waals surface area contributed by atoms with E-state index in [1.807, 2.05) is 25.1 Å². The fraction of sp³-hybridized carbons (Fsp3) is 0.429. The summed E-state index contributed by atoms with van der Waals surface area (Å²) in [6.45, 7) is 51.9. The van der Waals surface area contributed by atoms with Crippen molar-refractivity contribution in [2.24, 2.45) is 10.8 Å². The Hall–Kier alpha value is -7.22. The van der Waals surface area contributed by atoms with Gasteiger partial charge in [-0.1, -0.05) is 212 Å². The highest BCUT2D eigenvalue weighted by Gasteiger charge is 2.34. The Balaban J connectivity index is 1.06. The molecule has 6 nitrogen and oxygen atoms in total. The molecule has 0 atom stereocenters. The van der Waals surface area contributed by atoms with Gasteiger partial charge in [-0.05, 0) is 181 Å². The molecule has 0 amide bonds. The Labute approximate surface area is 554 Å². The maximum Gasteiger partial charge on any atom is 0.147 e. The molecule has 0 spiro atoms. The Kier molecular flexibility index (Phi) is 17.4. The van der Waals surface area contributed by atoms with Crippen LogP contribution in [0.15, 0.2) is 127 Å². The number of fused-ring (bicyclic) bond motifs is 6. The van der Waals surface area contributed by atoms with Gasteiger partial charge in [-0.2, -0.15) is 0 Å². The Morgan fingerprint density at radius 1 is 0.391 bits per heavy atom. The van der Waals surface area contributed by atoms with Crippen LogP contribution >= 0.6 is 11.6 Å². The quantitative estimate of drug-likeness (QED) is 0.106. The number of benzene rings is 8. The SMILES string of the molecule is Cc1cc(F)cc(-c2cc(C(C)(C)CC(C)(C)C)cc(-n3c4cc(C(C)(C)C)ccc4c4ccc(C(C)(C)C)cc43)c2O)c1OCCCOc1ccc(Cl)cc1-c1cc(C(C)(C)CC(C)(C)C)cc(-n2c3cc(C(C)(C)C)ccc3c3ccc(C(C)(C)C)cc32)c1O. The molecule has 2 aromatic heterocycles. The van der Waals surface area contributed by atoms with Gasteiger partial charge in [0, 0.05) is 55.2 Å². The third kappa shape index (κ3) is 13.6. The highest BCUT2D eigenvalue weighted by atomic mass is 35.5. The summed E-state index contributed by atoms with van der Waals surface area (Å²) in [6.07, 6.45) is 2.18. The smallest absolute Gasteiger partial charge is 0.147 e. The van der Waals surface area contributed by atoms with E-state index in [4.69, 9.17) is 21.1 Å². The summed E-state index contributed by atoms with van der Waals surface area (Å²) in [5.74, 6) is 0.781. The predicted molar refractivity (Wildman–Crippen MR) is 390 cm³/mol. The van der Waals surface area contributed by atoms with Crippen LogP contribution in [0.3, 0.4) is 0 Å². The number of phenols is 2. The van der Waals surface area contributed by atoms with Gasteiger partial charge >= 0.3 is 0 Å². The second-order valence-corrected chi connectivity index (χ2v) is 34.9. The topological polar surface area (TPSA) is 68.8 Å². The van der Waals surface area contributed by atoms with E-state index in [-0.39, 0.29) is 68.0 Å². The van der Waals surface area contributed by atoms with Crippen molar-refractivity contribution in [3.05, 3.63) is 177 Å². The van der Waals surface area contributed by atoms with Crippen LogP contribution in [0.5, 0.6) is 23.0 Å². The molecule has 10 rings (SSSR count). The molecular formula is C84H102ClFN2O4. The second kappa shape index (κ2) is 23.7. The van der Waals surface area contributed by atoms with E-state index in [1.165, 1.54) is 34.4 Å². The zero-order chi connectivity index (χ0) is 67.5. The lowest BCUT2D eigenvalue weighted by molar-refractivity contribution is 0.247. The maximum absolute atomic E-state index is 16.3. The van der Waals surface area contributed by atoms with Crippen molar-refractivity contribution in [3.63, 3.8) is 0 Å². The van der Waals surface area contributed by atoms with Crippen molar-refractivity contribution in [2.75, 3.05) is 13.2 Å². The fourth-order valence-electron chi connectivity index (χ4n) is 14.4. The number of halogens is 2. The van der Waals surface area contributed by atoms with Gasteiger partial charge in [0.1, 0.15) is 28.8 Å². The normalized spacial score (nSPS) is 13.4. The Bertz CT molecular complexity index is 4350. The number of hydrogen-bond donors (Lipinski definition) is 2. The van der Waals surface area contributed by atoms with Gasteiger partial charge in [0.15, 0.2) is 0 Å². The largest absolute Gasteiger partial charge is 0.505 e. The van der Waals surface area contributed by atoms with Gasteiger partial charge < -0.3 is 28.8 Å². The molecule has 0 fully saturated rings. The first kappa shape index (κ1) is 67.7. The summed E-state index contributed by atoms with van der Waals surface area (Å²) in [6, 6.07) is 44.2. The number of nitrogens with zero attached hydrogens (tertiary/aromatic N) is 2. The number of hydrogen-bond acceptors (Lipinski definition) is 4. The van der Waals surface area contributed by atoms with Crippen molar-refractivity contribution in [2.45, 2.75) is 211 Å². The summed E-state index contributed by atoms with van der Waals surface area (Å²) in [5, 5.41) is 31.4. The standard InChI is InChI=1S/C84H102ClFN2O4/c1-50-37-58(86)47-66(65-39-56(84(22,23)49-78(5,6)7)45-72(75(65)90)88-69-42-53(81(14,15)16)27-32-61(69)62-33-28-54(43-70(62)88)82(17,18)19)76(50)92-36-24-35-91-73-34-29-57(85)46-63(73)64-38-55(83(20,21)48-77(2,3)4)44-71(74(64)89)87-67-40-51(79(8,9)10)25-30-59(67)60-31-26-52(41-68(60)87)80(11,12)13/h25-34,37-47,89-90H,24,35-36,48-49H2,1-23H3. The average Bonchev–Trinajstić information content (AvgIpc) is 1.55. The molecule has 0 bridgehead atoms. The van der Waals surface area contributed by atoms with E-state index >= 15 is 4.39 Å². The zero-order valence-electron chi connectivity index (χ0n) is 59.5. The van der Waals surface area contributed by atoms with Crippen molar-refractivity contribution in [3.8, 4) is 56.6 Å². The minimum absolute atomic E-state index is 0.00523. The summed E-state index contributed by atoms with van der Waals surface area (Å²) >= 11 is 6.99. The molecule has 2 N–H and O–H groups in total. The number of rotatable bonds is 14. The molecule has 10 aromatic rings. The molecule has 0 radical (unpaired) electrons. The molecule has 0 aliphatic carbocycles. The van der Waals surface area contributed by atoms with Crippen LogP contribution in [0.2, 0.25) is 5.02 Å². The molecule has 486 valence electrons. The van der Waals surface area contributed by atoms with Gasteiger partial charge in [-0.15, -0.1) is 0 Å². The number of aromatic hydroxyl groups is 2. The fourth-order valence-corrected chi connectivity index (χ4v) is 14.6. The monoisotopic (exact) mass is 1260 g/mol. The summed E-state index contributed by atoms with van der Waals surface area (Å²) < 4.78 is 34.5. The van der Waals surface area contributed by atoms with Crippen LogP contribution in [-0.4, -0.2) is 32.6 Å².